The average Bonchev–Trinajstić information content (AvgIpc) is 2.55. The third kappa shape index (κ3) is 3.63. The van der Waals surface area contributed by atoms with E-state index in [0.717, 1.165) is 0 Å². The molecule has 0 saturated heterocycles. The van der Waals surface area contributed by atoms with Gasteiger partial charge < -0.3 is 14.8 Å². The first-order chi connectivity index (χ1) is 10.7. The van der Waals surface area contributed by atoms with Gasteiger partial charge in [-0.25, -0.2) is 0 Å². The summed E-state index contributed by atoms with van der Waals surface area (Å²) in [6.45, 7) is 1.62. The normalized spacial score (nSPS) is 11.4. The van der Waals surface area contributed by atoms with E-state index in [0.29, 0.717) is 29.0 Å². The van der Waals surface area contributed by atoms with Crippen LogP contribution in [0.3, 0.4) is 0 Å². The second kappa shape index (κ2) is 7.26. The smallest absolute Gasteiger partial charge is 0.265 e. The molecule has 0 fully saturated rings. The topological polar surface area (TPSA) is 64.6 Å². The van der Waals surface area contributed by atoms with Crippen LogP contribution in [0, 0.1) is 0 Å². The number of para-hydroxylation sites is 3. The fourth-order valence-corrected chi connectivity index (χ4v) is 1.91. The Balaban J connectivity index is 2.08. The zero-order valence-electron chi connectivity index (χ0n) is 12.4. The van der Waals surface area contributed by atoms with Crippen molar-refractivity contribution in [2.45, 2.75) is 13.0 Å². The van der Waals surface area contributed by atoms with Crippen LogP contribution in [0.4, 0.5) is 5.69 Å². The van der Waals surface area contributed by atoms with Crippen LogP contribution in [-0.2, 0) is 4.79 Å². The van der Waals surface area contributed by atoms with E-state index in [2.05, 4.69) is 5.32 Å². The molecule has 0 saturated carbocycles. The Morgan fingerprint density at radius 2 is 1.73 bits per heavy atom. The van der Waals surface area contributed by atoms with Crippen LogP contribution in [0.5, 0.6) is 11.5 Å². The van der Waals surface area contributed by atoms with Crippen molar-refractivity contribution in [3.05, 3.63) is 54.1 Å². The molecule has 0 aliphatic heterocycles. The number of anilines is 1. The molecule has 2 aromatic carbocycles. The number of nitrogens with one attached hydrogen (secondary N) is 1. The van der Waals surface area contributed by atoms with E-state index in [1.165, 1.54) is 7.11 Å². The number of hydrogen-bond donors (Lipinski definition) is 1. The minimum absolute atomic E-state index is 0.329. The van der Waals surface area contributed by atoms with Crippen LogP contribution >= 0.6 is 0 Å². The molecule has 114 valence electrons. The number of carbonyl (C=O) groups is 2. The highest BCUT2D eigenvalue weighted by Gasteiger charge is 2.17. The van der Waals surface area contributed by atoms with Crippen molar-refractivity contribution >= 4 is 17.9 Å². The molecule has 0 aliphatic rings. The second-order valence-corrected chi connectivity index (χ2v) is 4.61. The highest BCUT2D eigenvalue weighted by atomic mass is 16.5. The standard InChI is InChI=1S/C17H17NO4/c1-12(22-15-9-5-3-7-13(15)11-19)17(20)18-14-8-4-6-10-16(14)21-2/h3-12H,1-2H3,(H,18,20)/t12-/m1/s1. The van der Waals surface area contributed by atoms with E-state index in [1.807, 2.05) is 6.07 Å². The zero-order valence-corrected chi connectivity index (χ0v) is 12.4. The maximum Gasteiger partial charge on any atom is 0.265 e. The molecule has 0 aliphatic carbocycles. The second-order valence-electron chi connectivity index (χ2n) is 4.61. The van der Waals surface area contributed by atoms with E-state index in [4.69, 9.17) is 9.47 Å². The minimum atomic E-state index is -0.758. The fourth-order valence-electron chi connectivity index (χ4n) is 1.91. The van der Waals surface area contributed by atoms with Gasteiger partial charge in [-0.05, 0) is 31.2 Å². The van der Waals surface area contributed by atoms with Crippen LogP contribution in [0.15, 0.2) is 48.5 Å². The van der Waals surface area contributed by atoms with E-state index >= 15 is 0 Å². The van der Waals surface area contributed by atoms with E-state index < -0.39 is 6.10 Å². The molecule has 1 amide bonds. The van der Waals surface area contributed by atoms with Crippen molar-refractivity contribution in [2.24, 2.45) is 0 Å². The van der Waals surface area contributed by atoms with Crippen molar-refractivity contribution in [1.29, 1.82) is 0 Å². The first-order valence-electron chi connectivity index (χ1n) is 6.80. The van der Waals surface area contributed by atoms with Crippen molar-refractivity contribution in [2.75, 3.05) is 12.4 Å². The summed E-state index contributed by atoms with van der Waals surface area (Å²) in [5.41, 5.74) is 0.966. The van der Waals surface area contributed by atoms with Crippen LogP contribution in [0.25, 0.3) is 0 Å². The van der Waals surface area contributed by atoms with Crippen molar-refractivity contribution in [3.8, 4) is 11.5 Å². The number of carbonyl (C=O) groups excluding carboxylic acids is 2. The van der Waals surface area contributed by atoms with Gasteiger partial charge in [0.2, 0.25) is 0 Å². The predicted molar refractivity (Wildman–Crippen MR) is 83.5 cm³/mol. The average molecular weight is 299 g/mol. The van der Waals surface area contributed by atoms with E-state index in [1.54, 1.807) is 49.4 Å². The Morgan fingerprint density at radius 3 is 2.41 bits per heavy atom. The number of amides is 1. The van der Waals surface area contributed by atoms with Gasteiger partial charge in [-0.2, -0.15) is 0 Å². The summed E-state index contributed by atoms with van der Waals surface area (Å²) in [5, 5.41) is 2.74. The molecule has 0 bridgehead atoms. The Labute approximate surface area is 128 Å². The first kappa shape index (κ1) is 15.6. The first-order valence-corrected chi connectivity index (χ1v) is 6.80. The van der Waals surface area contributed by atoms with Crippen molar-refractivity contribution in [3.63, 3.8) is 0 Å². The predicted octanol–water partition coefficient (Wildman–Crippen LogP) is 2.91. The van der Waals surface area contributed by atoms with Crippen molar-refractivity contribution < 1.29 is 19.1 Å². The zero-order chi connectivity index (χ0) is 15.9. The molecule has 5 nitrogen and oxygen atoms in total. The van der Waals surface area contributed by atoms with Crippen LogP contribution < -0.4 is 14.8 Å². The molecule has 5 heteroatoms. The summed E-state index contributed by atoms with van der Waals surface area (Å²) in [6.07, 6.45) is -0.0637. The van der Waals surface area contributed by atoms with Crippen molar-refractivity contribution in [1.82, 2.24) is 0 Å². The number of aldehydes is 1. The van der Waals surface area contributed by atoms with Gasteiger partial charge in [0.25, 0.3) is 5.91 Å². The van der Waals surface area contributed by atoms with Gasteiger partial charge >= 0.3 is 0 Å². The lowest BCUT2D eigenvalue weighted by molar-refractivity contribution is -0.122. The quantitative estimate of drug-likeness (QED) is 0.833. The molecule has 0 spiro atoms. The molecule has 0 aromatic heterocycles. The molecule has 0 unspecified atom stereocenters. The molecule has 1 N–H and O–H groups in total. The van der Waals surface area contributed by atoms with E-state index in [9.17, 15) is 9.59 Å². The highest BCUT2D eigenvalue weighted by molar-refractivity contribution is 5.95. The lowest BCUT2D eigenvalue weighted by Gasteiger charge is -2.16. The molecule has 0 radical (unpaired) electrons. The summed E-state index contributed by atoms with van der Waals surface area (Å²) < 4.78 is 10.7. The molecular weight excluding hydrogens is 282 g/mol. The van der Waals surface area contributed by atoms with Gasteiger partial charge in [-0.1, -0.05) is 24.3 Å². The summed E-state index contributed by atoms with van der Waals surface area (Å²) in [5.74, 6) is 0.613. The summed E-state index contributed by atoms with van der Waals surface area (Å²) in [4.78, 5) is 23.2. The lowest BCUT2D eigenvalue weighted by Crippen LogP contribution is -2.30. The van der Waals surface area contributed by atoms with Gasteiger partial charge in [0.05, 0.1) is 18.4 Å². The highest BCUT2D eigenvalue weighted by Crippen LogP contribution is 2.24. The third-order valence-corrected chi connectivity index (χ3v) is 3.08. The number of hydrogen-bond acceptors (Lipinski definition) is 4. The van der Waals surface area contributed by atoms with Gasteiger partial charge in [-0.15, -0.1) is 0 Å². The van der Waals surface area contributed by atoms with Crippen LogP contribution in [-0.4, -0.2) is 25.4 Å². The largest absolute Gasteiger partial charge is 0.495 e. The Bertz CT molecular complexity index is 669. The SMILES string of the molecule is COc1ccccc1NC(=O)[C@@H](C)Oc1ccccc1C=O. The third-order valence-electron chi connectivity index (χ3n) is 3.08. The number of rotatable bonds is 6. The Hall–Kier alpha value is -2.82. The van der Waals surface area contributed by atoms with Gasteiger partial charge in [0, 0.05) is 0 Å². The molecule has 22 heavy (non-hydrogen) atoms. The maximum atomic E-state index is 12.2. The van der Waals surface area contributed by atoms with Gasteiger partial charge in [0.15, 0.2) is 12.4 Å². The van der Waals surface area contributed by atoms with E-state index in [-0.39, 0.29) is 5.91 Å². The van der Waals surface area contributed by atoms with Gasteiger partial charge in [0.1, 0.15) is 11.5 Å². The molecular formula is C17H17NO4. The number of benzene rings is 2. The molecule has 1 atom stereocenters. The molecule has 2 aromatic rings. The monoisotopic (exact) mass is 299 g/mol. The Kier molecular flexibility index (Phi) is 5.14. The number of methoxy groups -OCH3 is 1. The molecule has 0 heterocycles. The summed E-state index contributed by atoms with van der Waals surface area (Å²) in [7, 11) is 1.53. The minimum Gasteiger partial charge on any atom is -0.495 e. The lowest BCUT2D eigenvalue weighted by atomic mass is 10.2. The van der Waals surface area contributed by atoms with Crippen LogP contribution in [0.2, 0.25) is 0 Å². The Morgan fingerprint density at radius 1 is 1.09 bits per heavy atom. The summed E-state index contributed by atoms with van der Waals surface area (Å²) in [6, 6.07) is 13.9. The summed E-state index contributed by atoms with van der Waals surface area (Å²) >= 11 is 0. The molecule has 2 rings (SSSR count). The van der Waals surface area contributed by atoms with Gasteiger partial charge in [-0.3, -0.25) is 9.59 Å². The number of ether oxygens (including phenoxy) is 2. The van der Waals surface area contributed by atoms with Crippen LogP contribution in [0.1, 0.15) is 17.3 Å². The maximum absolute atomic E-state index is 12.2. The fraction of sp³-hybridized carbons (Fsp3) is 0.176.